The van der Waals surface area contributed by atoms with Crippen LogP contribution in [0.2, 0.25) is 0 Å². The van der Waals surface area contributed by atoms with Crippen LogP contribution in [-0.2, 0) is 10.0 Å². The van der Waals surface area contributed by atoms with Crippen LogP contribution in [0.3, 0.4) is 0 Å². The molecule has 90 valence electrons. The zero-order valence-corrected chi connectivity index (χ0v) is 10.5. The van der Waals surface area contributed by atoms with Gasteiger partial charge >= 0.3 is 0 Å². The SMILES string of the molecule is CC1CSCCN1S(=O)(=O)c1cn[nH]c1N. The van der Waals surface area contributed by atoms with Crippen LogP contribution in [0.5, 0.6) is 0 Å². The van der Waals surface area contributed by atoms with Gasteiger partial charge in [0.2, 0.25) is 10.0 Å². The molecule has 0 saturated carbocycles. The maximum absolute atomic E-state index is 12.3. The third-order valence-electron chi connectivity index (χ3n) is 2.53. The van der Waals surface area contributed by atoms with Gasteiger partial charge in [0, 0.05) is 24.1 Å². The van der Waals surface area contributed by atoms with Gasteiger partial charge in [0.15, 0.2) is 0 Å². The van der Waals surface area contributed by atoms with Crippen LogP contribution in [0.15, 0.2) is 11.1 Å². The predicted molar refractivity (Wildman–Crippen MR) is 63.7 cm³/mol. The summed E-state index contributed by atoms with van der Waals surface area (Å²) in [6.07, 6.45) is 1.26. The second-order valence-electron chi connectivity index (χ2n) is 3.69. The molecule has 2 heterocycles. The minimum absolute atomic E-state index is 0.00181. The molecule has 1 aromatic rings. The van der Waals surface area contributed by atoms with Crippen molar-refractivity contribution < 1.29 is 8.42 Å². The number of thioether (sulfide) groups is 1. The van der Waals surface area contributed by atoms with E-state index in [9.17, 15) is 8.42 Å². The zero-order chi connectivity index (χ0) is 11.8. The molecule has 8 heteroatoms. The zero-order valence-electron chi connectivity index (χ0n) is 8.88. The Bertz CT molecular complexity index is 470. The summed E-state index contributed by atoms with van der Waals surface area (Å²) < 4.78 is 26.0. The molecule has 1 aliphatic rings. The van der Waals surface area contributed by atoms with E-state index in [0.29, 0.717) is 6.54 Å². The summed E-state index contributed by atoms with van der Waals surface area (Å²) in [5.74, 6) is 1.74. The van der Waals surface area contributed by atoms with Crippen molar-refractivity contribution in [3.05, 3.63) is 6.20 Å². The number of H-pyrrole nitrogens is 1. The van der Waals surface area contributed by atoms with E-state index in [1.54, 1.807) is 11.8 Å². The quantitative estimate of drug-likeness (QED) is 0.789. The van der Waals surface area contributed by atoms with Crippen LogP contribution in [-0.4, -0.2) is 47.0 Å². The Morgan fingerprint density at radius 2 is 2.44 bits per heavy atom. The number of rotatable bonds is 2. The van der Waals surface area contributed by atoms with E-state index in [4.69, 9.17) is 5.73 Å². The molecule has 1 unspecified atom stereocenters. The summed E-state index contributed by atoms with van der Waals surface area (Å²) in [6.45, 7) is 2.43. The van der Waals surface area contributed by atoms with Crippen LogP contribution >= 0.6 is 11.8 Å². The van der Waals surface area contributed by atoms with E-state index in [2.05, 4.69) is 10.2 Å². The smallest absolute Gasteiger partial charge is 0.248 e. The highest BCUT2D eigenvalue weighted by Crippen LogP contribution is 2.26. The Hall–Kier alpha value is -0.730. The molecule has 2 rings (SSSR count). The Morgan fingerprint density at radius 3 is 3.00 bits per heavy atom. The summed E-state index contributed by atoms with van der Waals surface area (Å²) in [5.41, 5.74) is 5.55. The maximum atomic E-state index is 12.3. The first-order valence-corrected chi connectivity index (χ1v) is 7.51. The third kappa shape index (κ3) is 1.92. The lowest BCUT2D eigenvalue weighted by Crippen LogP contribution is -2.44. The number of aromatic amines is 1. The number of hydrogen-bond donors (Lipinski definition) is 2. The second-order valence-corrected chi connectivity index (χ2v) is 6.70. The average Bonchev–Trinajstić information content (AvgIpc) is 2.65. The third-order valence-corrected chi connectivity index (χ3v) is 5.76. The average molecular weight is 262 g/mol. The number of aromatic nitrogens is 2. The van der Waals surface area contributed by atoms with Crippen molar-refractivity contribution in [2.75, 3.05) is 23.8 Å². The molecule has 1 aromatic heterocycles. The van der Waals surface area contributed by atoms with Gasteiger partial charge in [-0.25, -0.2) is 8.42 Å². The molecule has 1 saturated heterocycles. The number of nitrogens with one attached hydrogen (secondary N) is 1. The van der Waals surface area contributed by atoms with Gasteiger partial charge in [0.25, 0.3) is 0 Å². The number of hydrogen-bond acceptors (Lipinski definition) is 5. The van der Waals surface area contributed by atoms with Gasteiger partial charge in [-0.1, -0.05) is 0 Å². The predicted octanol–water partition coefficient (Wildman–Crippen LogP) is 0.118. The van der Waals surface area contributed by atoms with Crippen molar-refractivity contribution in [1.29, 1.82) is 0 Å². The fourth-order valence-corrected chi connectivity index (χ4v) is 4.55. The van der Waals surface area contributed by atoms with Gasteiger partial charge in [0.1, 0.15) is 10.7 Å². The van der Waals surface area contributed by atoms with Crippen LogP contribution in [0.25, 0.3) is 0 Å². The summed E-state index contributed by atoms with van der Waals surface area (Å²) in [5, 5.41) is 6.09. The minimum Gasteiger partial charge on any atom is -0.383 e. The second kappa shape index (κ2) is 4.27. The Morgan fingerprint density at radius 1 is 1.69 bits per heavy atom. The van der Waals surface area contributed by atoms with E-state index in [1.807, 2.05) is 6.92 Å². The highest BCUT2D eigenvalue weighted by molar-refractivity contribution is 7.99. The molecular formula is C8H14N4O2S2. The van der Waals surface area contributed by atoms with Crippen molar-refractivity contribution >= 4 is 27.6 Å². The van der Waals surface area contributed by atoms with E-state index in [0.717, 1.165) is 11.5 Å². The highest BCUT2D eigenvalue weighted by atomic mass is 32.2. The van der Waals surface area contributed by atoms with Crippen LogP contribution in [0, 0.1) is 0 Å². The van der Waals surface area contributed by atoms with Crippen molar-refractivity contribution in [1.82, 2.24) is 14.5 Å². The minimum atomic E-state index is -3.50. The first-order valence-electron chi connectivity index (χ1n) is 4.92. The summed E-state index contributed by atoms with van der Waals surface area (Å²) in [7, 11) is -3.50. The molecule has 6 nitrogen and oxygen atoms in total. The van der Waals surface area contributed by atoms with E-state index >= 15 is 0 Å². The molecule has 0 radical (unpaired) electrons. The van der Waals surface area contributed by atoms with Gasteiger partial charge in [-0.05, 0) is 6.92 Å². The number of sulfonamides is 1. The van der Waals surface area contributed by atoms with Crippen molar-refractivity contribution in [2.45, 2.75) is 17.9 Å². The number of nitrogens with two attached hydrogens (primary N) is 1. The molecule has 3 N–H and O–H groups in total. The Balaban J connectivity index is 2.35. The molecule has 0 aliphatic carbocycles. The van der Waals surface area contributed by atoms with Gasteiger partial charge < -0.3 is 5.73 Å². The Labute approximate surface area is 98.6 Å². The van der Waals surface area contributed by atoms with Crippen molar-refractivity contribution in [3.63, 3.8) is 0 Å². The fourth-order valence-electron chi connectivity index (χ4n) is 1.69. The first-order chi connectivity index (χ1) is 7.53. The summed E-state index contributed by atoms with van der Waals surface area (Å²) >= 11 is 1.76. The largest absolute Gasteiger partial charge is 0.383 e. The molecule has 0 aromatic carbocycles. The lowest BCUT2D eigenvalue weighted by Gasteiger charge is -2.31. The van der Waals surface area contributed by atoms with Gasteiger partial charge in [-0.3, -0.25) is 5.10 Å². The van der Waals surface area contributed by atoms with Gasteiger partial charge in [0.05, 0.1) is 6.20 Å². The molecule has 1 fully saturated rings. The number of nitrogen functional groups attached to an aromatic ring is 1. The normalized spacial score (nSPS) is 23.4. The van der Waals surface area contributed by atoms with Crippen molar-refractivity contribution in [2.24, 2.45) is 0 Å². The van der Waals surface area contributed by atoms with Crippen LogP contribution < -0.4 is 5.73 Å². The van der Waals surface area contributed by atoms with Gasteiger partial charge in [-0.15, -0.1) is 0 Å². The van der Waals surface area contributed by atoms with E-state index in [-0.39, 0.29) is 16.8 Å². The summed E-state index contributed by atoms with van der Waals surface area (Å²) in [6, 6.07) is -0.00181. The van der Waals surface area contributed by atoms with Crippen LogP contribution in [0.1, 0.15) is 6.92 Å². The number of anilines is 1. The molecule has 0 bridgehead atoms. The molecule has 16 heavy (non-hydrogen) atoms. The topological polar surface area (TPSA) is 92.1 Å². The standard InChI is InChI=1S/C8H14N4O2S2/c1-6-5-15-3-2-12(6)16(13,14)7-4-10-11-8(7)9/h4,6H,2-3,5H2,1H3,(H3,9,10,11). The van der Waals surface area contributed by atoms with Crippen LogP contribution in [0.4, 0.5) is 5.82 Å². The molecule has 0 spiro atoms. The molecule has 1 atom stereocenters. The lowest BCUT2D eigenvalue weighted by atomic mass is 10.4. The molecule has 0 amide bonds. The number of nitrogens with zero attached hydrogens (tertiary/aromatic N) is 2. The molecular weight excluding hydrogens is 248 g/mol. The maximum Gasteiger partial charge on any atom is 0.248 e. The highest BCUT2D eigenvalue weighted by Gasteiger charge is 2.33. The summed E-state index contributed by atoms with van der Waals surface area (Å²) in [4.78, 5) is 0.0752. The van der Waals surface area contributed by atoms with Crippen molar-refractivity contribution in [3.8, 4) is 0 Å². The lowest BCUT2D eigenvalue weighted by molar-refractivity contribution is 0.368. The van der Waals surface area contributed by atoms with Gasteiger partial charge in [-0.2, -0.15) is 21.2 Å². The van der Waals surface area contributed by atoms with E-state index in [1.165, 1.54) is 10.5 Å². The Kier molecular flexibility index (Phi) is 3.13. The first kappa shape index (κ1) is 11.7. The van der Waals surface area contributed by atoms with E-state index < -0.39 is 10.0 Å². The fraction of sp³-hybridized carbons (Fsp3) is 0.625. The molecule has 1 aliphatic heterocycles. The monoisotopic (exact) mass is 262 g/mol.